The van der Waals surface area contributed by atoms with Gasteiger partial charge in [-0.3, -0.25) is 4.79 Å². The van der Waals surface area contributed by atoms with Gasteiger partial charge in [0.1, 0.15) is 17.2 Å². The topological polar surface area (TPSA) is 73.6 Å². The van der Waals surface area contributed by atoms with E-state index in [4.69, 9.17) is 15.2 Å². The lowest BCUT2D eigenvalue weighted by atomic mass is 10.2. The van der Waals surface area contributed by atoms with E-state index in [9.17, 15) is 4.79 Å². The Bertz CT molecular complexity index is 899. The van der Waals surface area contributed by atoms with Crippen LogP contribution in [0.5, 0.6) is 17.2 Å². The summed E-state index contributed by atoms with van der Waals surface area (Å²) in [4.78, 5) is 10.8. The maximum Gasteiger partial charge on any atom is 0.255 e. The molecular formula is C21H19BrN2O3. The number of nitrogens with one attached hydrogen (secondary N) is 1. The van der Waals surface area contributed by atoms with Gasteiger partial charge >= 0.3 is 0 Å². The molecule has 0 aromatic heterocycles. The second-order valence-corrected chi connectivity index (χ2v) is 6.67. The highest BCUT2D eigenvalue weighted by Gasteiger charge is 2.05. The molecule has 0 aliphatic rings. The van der Waals surface area contributed by atoms with Crippen molar-refractivity contribution in [3.8, 4) is 17.2 Å². The number of benzene rings is 3. The summed E-state index contributed by atoms with van der Waals surface area (Å²) in [5.41, 5.74) is 7.14. The van der Waals surface area contributed by atoms with Crippen LogP contribution in [-0.2, 0) is 11.3 Å². The Kier molecular flexibility index (Phi) is 6.33. The number of hydrogen-bond acceptors (Lipinski definition) is 4. The first-order chi connectivity index (χ1) is 13.1. The fourth-order valence-corrected chi connectivity index (χ4v) is 2.93. The molecule has 0 saturated heterocycles. The van der Waals surface area contributed by atoms with E-state index in [-0.39, 0.29) is 6.61 Å². The van der Waals surface area contributed by atoms with Crippen molar-refractivity contribution < 1.29 is 14.3 Å². The maximum absolute atomic E-state index is 10.8. The van der Waals surface area contributed by atoms with Crippen LogP contribution in [0.1, 0.15) is 5.56 Å². The van der Waals surface area contributed by atoms with Crippen molar-refractivity contribution >= 4 is 27.5 Å². The Morgan fingerprint density at radius 2 is 1.67 bits per heavy atom. The Hall–Kier alpha value is -2.99. The summed E-state index contributed by atoms with van der Waals surface area (Å²) in [6, 6.07) is 23.1. The molecule has 0 aliphatic carbocycles. The minimum absolute atomic E-state index is 0.145. The quantitative estimate of drug-likeness (QED) is 0.546. The van der Waals surface area contributed by atoms with Gasteiger partial charge in [0.15, 0.2) is 6.61 Å². The van der Waals surface area contributed by atoms with Crippen molar-refractivity contribution in [1.82, 2.24) is 0 Å². The molecule has 0 atom stereocenters. The number of primary amides is 1. The summed E-state index contributed by atoms with van der Waals surface area (Å²) in [5.74, 6) is 1.67. The van der Waals surface area contributed by atoms with E-state index in [1.54, 1.807) is 6.07 Å². The van der Waals surface area contributed by atoms with Crippen LogP contribution in [0.4, 0.5) is 5.69 Å². The van der Waals surface area contributed by atoms with E-state index >= 15 is 0 Å². The molecule has 0 spiro atoms. The van der Waals surface area contributed by atoms with Gasteiger partial charge in [-0.15, -0.1) is 0 Å². The summed E-state index contributed by atoms with van der Waals surface area (Å²) in [7, 11) is 0. The number of para-hydroxylation sites is 1. The molecule has 0 saturated carbocycles. The summed E-state index contributed by atoms with van der Waals surface area (Å²) in [6.45, 7) is 0.501. The molecule has 0 heterocycles. The smallest absolute Gasteiger partial charge is 0.255 e. The molecule has 0 radical (unpaired) electrons. The number of anilines is 1. The van der Waals surface area contributed by atoms with E-state index in [1.807, 2.05) is 66.7 Å². The van der Waals surface area contributed by atoms with Gasteiger partial charge in [-0.05, 0) is 70.0 Å². The van der Waals surface area contributed by atoms with Crippen LogP contribution < -0.4 is 20.5 Å². The molecule has 138 valence electrons. The lowest BCUT2D eigenvalue weighted by Crippen LogP contribution is -2.20. The van der Waals surface area contributed by atoms with Gasteiger partial charge in [-0.1, -0.05) is 24.3 Å². The predicted octanol–water partition coefficient (Wildman–Crippen LogP) is 4.72. The van der Waals surface area contributed by atoms with Crippen molar-refractivity contribution in [2.24, 2.45) is 5.73 Å². The highest BCUT2D eigenvalue weighted by atomic mass is 79.9. The highest BCUT2D eigenvalue weighted by molar-refractivity contribution is 9.10. The van der Waals surface area contributed by atoms with Crippen LogP contribution in [0, 0.1) is 0 Å². The molecule has 6 heteroatoms. The van der Waals surface area contributed by atoms with Crippen molar-refractivity contribution in [1.29, 1.82) is 0 Å². The largest absolute Gasteiger partial charge is 0.483 e. The highest BCUT2D eigenvalue weighted by Crippen LogP contribution is 2.27. The second kappa shape index (κ2) is 9.09. The average Bonchev–Trinajstić information content (AvgIpc) is 2.67. The van der Waals surface area contributed by atoms with Crippen LogP contribution in [0.2, 0.25) is 0 Å². The van der Waals surface area contributed by atoms with Crippen LogP contribution in [-0.4, -0.2) is 12.5 Å². The van der Waals surface area contributed by atoms with Gasteiger partial charge in [0.05, 0.1) is 4.47 Å². The molecule has 3 aromatic rings. The van der Waals surface area contributed by atoms with Crippen molar-refractivity contribution in [3.05, 3.63) is 82.8 Å². The SMILES string of the molecule is NC(=O)COc1ccc(CNc2ccc(Oc3ccccc3)cc2)cc1Br. The molecule has 5 nitrogen and oxygen atoms in total. The third-order valence-electron chi connectivity index (χ3n) is 3.70. The first kappa shape index (κ1) is 18.8. The average molecular weight is 427 g/mol. The van der Waals surface area contributed by atoms with E-state index in [1.165, 1.54) is 0 Å². The van der Waals surface area contributed by atoms with E-state index in [0.29, 0.717) is 12.3 Å². The minimum Gasteiger partial charge on any atom is -0.483 e. The molecule has 0 bridgehead atoms. The molecular weight excluding hydrogens is 408 g/mol. The molecule has 3 aromatic carbocycles. The lowest BCUT2D eigenvalue weighted by Gasteiger charge is -2.11. The minimum atomic E-state index is -0.507. The number of rotatable bonds is 8. The van der Waals surface area contributed by atoms with Gasteiger partial charge in [-0.25, -0.2) is 0 Å². The Balaban J connectivity index is 1.55. The van der Waals surface area contributed by atoms with Crippen LogP contribution in [0.15, 0.2) is 77.3 Å². The molecule has 0 fully saturated rings. The van der Waals surface area contributed by atoms with E-state index < -0.39 is 5.91 Å². The summed E-state index contributed by atoms with van der Waals surface area (Å²) in [5, 5.41) is 3.36. The fraction of sp³-hybridized carbons (Fsp3) is 0.0952. The van der Waals surface area contributed by atoms with Gasteiger partial charge in [-0.2, -0.15) is 0 Å². The zero-order valence-corrected chi connectivity index (χ0v) is 16.1. The maximum atomic E-state index is 10.8. The van der Waals surface area contributed by atoms with E-state index in [0.717, 1.165) is 27.2 Å². The number of hydrogen-bond donors (Lipinski definition) is 2. The lowest BCUT2D eigenvalue weighted by molar-refractivity contribution is -0.119. The molecule has 3 N–H and O–H groups in total. The molecule has 27 heavy (non-hydrogen) atoms. The van der Waals surface area contributed by atoms with E-state index in [2.05, 4.69) is 21.2 Å². The van der Waals surface area contributed by atoms with Crippen LogP contribution >= 0.6 is 15.9 Å². The Morgan fingerprint density at radius 1 is 0.963 bits per heavy atom. The summed E-state index contributed by atoms with van der Waals surface area (Å²) >= 11 is 3.44. The van der Waals surface area contributed by atoms with Gasteiger partial charge in [0, 0.05) is 12.2 Å². The molecule has 0 aliphatic heterocycles. The van der Waals surface area contributed by atoms with Crippen molar-refractivity contribution in [3.63, 3.8) is 0 Å². The number of amides is 1. The zero-order valence-electron chi connectivity index (χ0n) is 14.5. The third-order valence-corrected chi connectivity index (χ3v) is 4.32. The standard InChI is InChI=1S/C21H19BrN2O3/c22-19-12-15(6-11-20(19)26-14-21(23)25)13-24-16-7-9-18(10-8-16)27-17-4-2-1-3-5-17/h1-12,24H,13-14H2,(H2,23,25). The second-order valence-electron chi connectivity index (χ2n) is 5.81. The van der Waals surface area contributed by atoms with Crippen LogP contribution in [0.25, 0.3) is 0 Å². The Labute approximate surface area is 166 Å². The first-order valence-electron chi connectivity index (χ1n) is 8.36. The van der Waals surface area contributed by atoms with Gasteiger partial charge < -0.3 is 20.5 Å². The molecule has 0 unspecified atom stereocenters. The number of carbonyl (C=O) groups is 1. The van der Waals surface area contributed by atoms with Crippen LogP contribution in [0.3, 0.4) is 0 Å². The number of nitrogens with two attached hydrogens (primary N) is 1. The normalized spacial score (nSPS) is 10.3. The monoisotopic (exact) mass is 426 g/mol. The molecule has 3 rings (SSSR count). The number of ether oxygens (including phenoxy) is 2. The Morgan fingerprint density at radius 3 is 2.33 bits per heavy atom. The first-order valence-corrected chi connectivity index (χ1v) is 9.16. The summed E-state index contributed by atoms with van der Waals surface area (Å²) in [6.07, 6.45) is 0. The molecule has 1 amide bonds. The van der Waals surface area contributed by atoms with Crippen molar-refractivity contribution in [2.45, 2.75) is 6.54 Å². The third kappa shape index (κ3) is 5.76. The van der Waals surface area contributed by atoms with Gasteiger partial charge in [0.25, 0.3) is 5.91 Å². The number of carbonyl (C=O) groups excluding carboxylic acids is 1. The van der Waals surface area contributed by atoms with Crippen molar-refractivity contribution in [2.75, 3.05) is 11.9 Å². The van der Waals surface area contributed by atoms with Gasteiger partial charge in [0.2, 0.25) is 0 Å². The number of halogens is 1. The summed E-state index contributed by atoms with van der Waals surface area (Å²) < 4.78 is 11.9. The zero-order chi connectivity index (χ0) is 19.1. The fourth-order valence-electron chi connectivity index (χ4n) is 2.39. The predicted molar refractivity (Wildman–Crippen MR) is 109 cm³/mol.